The molecule has 0 saturated carbocycles. The van der Waals surface area contributed by atoms with E-state index in [0.29, 0.717) is 0 Å². The monoisotopic (exact) mass is 1360 g/mol. The molecule has 0 radical (unpaired) electrons. The fourth-order valence-electron chi connectivity index (χ4n) is 18.9. The van der Waals surface area contributed by atoms with E-state index in [0.717, 1.165) is 51.7 Å². The zero-order valence-corrected chi connectivity index (χ0v) is 59.3. The number of hydrogen-bond donors (Lipinski definition) is 0. The number of hydrogen-bond acceptors (Lipinski definition) is 2. The van der Waals surface area contributed by atoms with Crippen LogP contribution in [0.4, 0.5) is 34.1 Å². The molecule has 4 unspecified atom stereocenters. The first-order valence-electron chi connectivity index (χ1n) is 37.4. The van der Waals surface area contributed by atoms with Crippen LogP contribution >= 0.6 is 0 Å². The minimum atomic E-state index is -0.729. The van der Waals surface area contributed by atoms with E-state index in [4.69, 9.17) is 0 Å². The molecular weight excluding hydrogens is 1290 g/mol. The van der Waals surface area contributed by atoms with Crippen molar-refractivity contribution in [1.29, 1.82) is 0 Å². The molecule has 107 heavy (non-hydrogen) atoms. The lowest BCUT2D eigenvalue weighted by Gasteiger charge is -2.35. The average Bonchev–Trinajstić information content (AvgIpc) is 1.51. The Hall–Kier alpha value is -13.4. The largest absolute Gasteiger partial charge is 0.310 e. The van der Waals surface area contributed by atoms with Gasteiger partial charge in [0.1, 0.15) is 0 Å². The highest BCUT2D eigenvalue weighted by molar-refractivity contribution is 5.99. The van der Waals surface area contributed by atoms with Crippen molar-refractivity contribution in [3.8, 4) is 66.8 Å². The van der Waals surface area contributed by atoms with Crippen LogP contribution in [0, 0.1) is 0 Å². The van der Waals surface area contributed by atoms with Gasteiger partial charge in [-0.2, -0.15) is 0 Å². The molecule has 2 heteroatoms. The lowest BCUT2D eigenvalue weighted by atomic mass is 9.68. The van der Waals surface area contributed by atoms with Crippen molar-refractivity contribution in [3.05, 3.63) is 479 Å². The van der Waals surface area contributed by atoms with Crippen LogP contribution < -0.4 is 9.80 Å². The molecule has 4 aliphatic rings. The first-order valence-corrected chi connectivity index (χ1v) is 37.4. The van der Waals surface area contributed by atoms with Gasteiger partial charge in [-0.15, -0.1) is 0 Å². The molecule has 0 aliphatic heterocycles. The first kappa shape index (κ1) is 63.3. The quantitative estimate of drug-likeness (QED) is 0.0951. The van der Waals surface area contributed by atoms with Gasteiger partial charge in [-0.25, -0.2) is 0 Å². The number of nitrogens with zero attached hydrogens (tertiary/aromatic N) is 2. The molecule has 1 spiro atoms. The summed E-state index contributed by atoms with van der Waals surface area (Å²) in [6.07, 6.45) is 4.64. The van der Waals surface area contributed by atoms with Gasteiger partial charge in [-0.1, -0.05) is 341 Å². The fraction of sp³-hybridized carbons (Fsp3) is 0.0476. The smallest absolute Gasteiger partial charge is 0.0727 e. The fourth-order valence-corrected chi connectivity index (χ4v) is 18.9. The number of rotatable bonds is 16. The Labute approximate surface area is 627 Å². The molecule has 0 aromatic heterocycles. The predicted octanol–water partition coefficient (Wildman–Crippen LogP) is 27.1. The summed E-state index contributed by atoms with van der Waals surface area (Å²) >= 11 is 0. The van der Waals surface area contributed by atoms with Gasteiger partial charge in [0.15, 0.2) is 0 Å². The minimum absolute atomic E-state index is 0.0142. The maximum Gasteiger partial charge on any atom is 0.0727 e. The highest BCUT2D eigenvalue weighted by atomic mass is 15.1. The summed E-state index contributed by atoms with van der Waals surface area (Å²) in [6, 6.07) is 146. The van der Waals surface area contributed by atoms with Crippen LogP contribution in [0.1, 0.15) is 89.7 Å². The van der Waals surface area contributed by atoms with E-state index < -0.39 is 10.8 Å². The normalized spacial score (nSPS) is 15.9. The number of anilines is 6. The van der Waals surface area contributed by atoms with Crippen molar-refractivity contribution in [1.82, 2.24) is 0 Å². The SMILES string of the molecule is C=Cc1ccc(CC2(c3ccccc3)c3ccccc3-c3ccc(N(c4ccc(-c5ccccc5)cc4)c4ccc5c(c4)C4(c6ccccc6-c6ccc(N(c7ccc(-c8ccccc8)cc7)c7ccc8c(c7)C(C(c7ccccc7)c7ccc(C=C)cc7)c7ccccc7-8)cc64)c4ccccc4-5)cc32)cc1. The molecule has 16 aromatic rings. The Morgan fingerprint density at radius 3 is 1.14 bits per heavy atom. The van der Waals surface area contributed by atoms with Crippen LogP contribution in [-0.2, 0) is 17.3 Å². The van der Waals surface area contributed by atoms with E-state index >= 15 is 0 Å². The van der Waals surface area contributed by atoms with Gasteiger partial charge in [0, 0.05) is 46.0 Å². The van der Waals surface area contributed by atoms with Crippen LogP contribution in [0.3, 0.4) is 0 Å². The van der Waals surface area contributed by atoms with E-state index in [1.165, 1.54) is 134 Å². The van der Waals surface area contributed by atoms with Gasteiger partial charge < -0.3 is 9.80 Å². The van der Waals surface area contributed by atoms with Gasteiger partial charge in [-0.05, 0) is 224 Å². The van der Waals surface area contributed by atoms with Crippen molar-refractivity contribution in [2.45, 2.75) is 29.1 Å². The van der Waals surface area contributed by atoms with Gasteiger partial charge >= 0.3 is 0 Å². The Bertz CT molecular complexity index is 6110. The Kier molecular flexibility index (Phi) is 15.3. The Morgan fingerprint density at radius 2 is 0.626 bits per heavy atom. The zero-order valence-electron chi connectivity index (χ0n) is 59.3. The first-order chi connectivity index (χ1) is 52.9. The van der Waals surface area contributed by atoms with Crippen molar-refractivity contribution in [2.75, 3.05) is 9.80 Å². The predicted molar refractivity (Wildman–Crippen MR) is 447 cm³/mol. The van der Waals surface area contributed by atoms with Gasteiger partial charge in [-0.3, -0.25) is 0 Å². The van der Waals surface area contributed by atoms with Crippen LogP contribution in [0.2, 0.25) is 0 Å². The molecule has 0 saturated heterocycles. The van der Waals surface area contributed by atoms with Crippen molar-refractivity contribution >= 4 is 46.3 Å². The topological polar surface area (TPSA) is 6.48 Å². The summed E-state index contributed by atoms with van der Waals surface area (Å²) in [5.74, 6) is 0.0378. The molecule has 0 heterocycles. The van der Waals surface area contributed by atoms with E-state index in [9.17, 15) is 0 Å². The van der Waals surface area contributed by atoms with Crippen molar-refractivity contribution in [2.24, 2.45) is 0 Å². The molecule has 2 nitrogen and oxygen atoms in total. The standard InChI is InChI=1S/C105H74N2/c1-3-70-41-43-72(44-42-70)69-104(79-31-15-8-16-32-79)96-38-22-19-34-88(96)91-62-58-83(66-99(91)104)107(81-55-51-76(52-56-81)74-27-11-6-12-28-74)85-60-64-93-90-36-21-24-40-98(90)105(101(93)68-85)97-39-23-20-35-89(97)92-63-59-84(67-100(92)105)106(80-53-49-75(50-54-80)73-25-9-5-10-26-73)82-57-61-87-86-33-17-18-37-94(86)103(95(87)65-82)102(77-29-13-7-14-30-77)78-47-45-71(4-2)46-48-78/h3-68,102-103H,1-2,69H2. The van der Waals surface area contributed by atoms with Crippen LogP contribution in [-0.4, -0.2) is 0 Å². The average molecular weight is 1360 g/mol. The second-order valence-corrected chi connectivity index (χ2v) is 29.1. The van der Waals surface area contributed by atoms with Gasteiger partial charge in [0.25, 0.3) is 0 Å². The Morgan fingerprint density at radius 1 is 0.271 bits per heavy atom. The summed E-state index contributed by atoms with van der Waals surface area (Å²) in [5, 5.41) is 0. The maximum absolute atomic E-state index is 4.14. The summed E-state index contributed by atoms with van der Waals surface area (Å²) < 4.78 is 0. The molecule has 504 valence electrons. The van der Waals surface area contributed by atoms with Crippen LogP contribution in [0.15, 0.2) is 401 Å². The van der Waals surface area contributed by atoms with Crippen LogP contribution in [0.5, 0.6) is 0 Å². The van der Waals surface area contributed by atoms with Crippen molar-refractivity contribution < 1.29 is 0 Å². The molecule has 20 rings (SSSR count). The highest BCUT2D eigenvalue weighted by Crippen LogP contribution is 2.65. The summed E-state index contributed by atoms with van der Waals surface area (Å²) in [4.78, 5) is 5.06. The molecule has 0 amide bonds. The third kappa shape index (κ3) is 10.2. The van der Waals surface area contributed by atoms with E-state index in [-0.39, 0.29) is 11.8 Å². The van der Waals surface area contributed by atoms with Gasteiger partial charge in [0.2, 0.25) is 0 Å². The third-order valence-electron chi connectivity index (χ3n) is 23.6. The molecule has 16 aromatic carbocycles. The molecule has 0 N–H and O–H groups in total. The summed E-state index contributed by atoms with van der Waals surface area (Å²) in [5.41, 5.74) is 37.6. The molecule has 4 aliphatic carbocycles. The van der Waals surface area contributed by atoms with E-state index in [2.05, 4.69) is 411 Å². The molecule has 4 atom stereocenters. The van der Waals surface area contributed by atoms with E-state index in [1.807, 2.05) is 12.2 Å². The maximum atomic E-state index is 4.14. The van der Waals surface area contributed by atoms with Crippen molar-refractivity contribution in [3.63, 3.8) is 0 Å². The lowest BCUT2D eigenvalue weighted by Crippen LogP contribution is -2.30. The number of benzene rings is 16. The molecule has 0 bridgehead atoms. The Balaban J connectivity index is 0.792. The summed E-state index contributed by atoms with van der Waals surface area (Å²) in [7, 11) is 0. The second-order valence-electron chi connectivity index (χ2n) is 29.1. The summed E-state index contributed by atoms with van der Waals surface area (Å²) in [6.45, 7) is 8.26. The highest BCUT2D eigenvalue weighted by Gasteiger charge is 2.53. The molecule has 0 fully saturated rings. The second kappa shape index (κ2) is 25.8. The minimum Gasteiger partial charge on any atom is -0.310 e. The third-order valence-corrected chi connectivity index (χ3v) is 23.6. The van der Waals surface area contributed by atoms with Crippen LogP contribution in [0.25, 0.3) is 78.9 Å². The lowest BCUT2D eigenvalue weighted by molar-refractivity contribution is 0.629. The van der Waals surface area contributed by atoms with Gasteiger partial charge in [0.05, 0.1) is 10.8 Å². The number of fused-ring (bicyclic) bond motifs is 16. The van der Waals surface area contributed by atoms with E-state index in [1.54, 1.807) is 0 Å². The zero-order chi connectivity index (χ0) is 71.2. The molecular formula is C105H74N2.